The summed E-state index contributed by atoms with van der Waals surface area (Å²) in [4.78, 5) is 0. The fourth-order valence-electron chi connectivity index (χ4n) is 13.3. The van der Waals surface area contributed by atoms with Crippen molar-refractivity contribution in [2.75, 3.05) is 39.6 Å². The number of allylic oxidation sites excluding steroid dienone is 5. The minimum atomic E-state index is -0.0449. The summed E-state index contributed by atoms with van der Waals surface area (Å²) >= 11 is 0. The highest BCUT2D eigenvalue weighted by Crippen LogP contribution is 2.62. The smallest absolute Gasteiger partial charge is 0.0812 e. The first-order valence-corrected chi connectivity index (χ1v) is 27.1. The average molecular weight is 849 g/mol. The number of unbranched alkanes of at least 4 members (excludes halogenated alkanes) is 10. The molecule has 0 aromatic carbocycles. The average Bonchev–Trinajstić information content (AvgIpc) is 3.82. The lowest BCUT2D eigenvalue weighted by Crippen LogP contribution is -2.45. The molecule has 61 heavy (non-hydrogen) atoms. The van der Waals surface area contributed by atoms with Gasteiger partial charge in [0.25, 0.3) is 0 Å². The van der Waals surface area contributed by atoms with Gasteiger partial charge < -0.3 is 18.9 Å². The molecule has 4 saturated carbocycles. The van der Waals surface area contributed by atoms with Gasteiger partial charge in [0.05, 0.1) is 44.7 Å². The Balaban J connectivity index is 0.905. The third kappa shape index (κ3) is 17.4. The van der Waals surface area contributed by atoms with Crippen LogP contribution in [-0.4, -0.2) is 51.3 Å². The van der Waals surface area contributed by atoms with Crippen molar-refractivity contribution in [2.45, 2.75) is 233 Å². The van der Waals surface area contributed by atoms with E-state index in [1.165, 1.54) is 154 Å². The molecule has 0 N–H and O–H groups in total. The standard InChI is InChI=1S/C57H100O4/c1-7-8-9-10-11-12-13-14-15-16-17-18-19-20-21-24-38-59-45-50(43-48-28-25-27-47(48)4)60-41-39-58-40-42-61-57(6)37-34-51-49(44-57)29-30-53-52(51)31-32-55-54(53)33-36-56(55,5)35-23-22-26-46(2)3/h11-12,14-15,29,46-48,50-55H,7-10,13,16-28,30-45H2,1-6H3/t47?,48?,50-,51?,52?,53?,54?,55?,56+,57+/m1/s1. The Labute approximate surface area is 379 Å². The Morgan fingerprint density at radius 1 is 0.705 bits per heavy atom. The van der Waals surface area contributed by atoms with Crippen molar-refractivity contribution in [3.05, 3.63) is 36.0 Å². The molecule has 0 bridgehead atoms. The van der Waals surface area contributed by atoms with Crippen LogP contribution in [0.1, 0.15) is 221 Å². The van der Waals surface area contributed by atoms with Crippen molar-refractivity contribution in [3.63, 3.8) is 0 Å². The molecule has 0 aromatic heterocycles. The van der Waals surface area contributed by atoms with E-state index < -0.39 is 0 Å². The summed E-state index contributed by atoms with van der Waals surface area (Å²) in [5.74, 6) is 7.09. The summed E-state index contributed by atoms with van der Waals surface area (Å²) in [6, 6.07) is 0. The molecule has 4 nitrogen and oxygen atoms in total. The van der Waals surface area contributed by atoms with E-state index in [1.807, 2.05) is 0 Å². The van der Waals surface area contributed by atoms with E-state index in [1.54, 1.807) is 5.57 Å². The van der Waals surface area contributed by atoms with Crippen LogP contribution in [0.4, 0.5) is 0 Å². The van der Waals surface area contributed by atoms with Crippen LogP contribution in [-0.2, 0) is 18.9 Å². The minimum Gasteiger partial charge on any atom is -0.379 e. The molecule has 5 aliphatic carbocycles. The van der Waals surface area contributed by atoms with E-state index in [2.05, 4.69) is 71.9 Å². The normalized spacial score (nSPS) is 31.9. The fourth-order valence-corrected chi connectivity index (χ4v) is 13.3. The summed E-state index contributed by atoms with van der Waals surface area (Å²) in [6.45, 7) is 18.7. The highest BCUT2D eigenvalue weighted by molar-refractivity contribution is 5.21. The molecule has 0 amide bonds. The maximum atomic E-state index is 6.66. The summed E-state index contributed by atoms with van der Waals surface area (Å²) in [6.07, 6.45) is 49.6. The molecule has 0 aromatic rings. The van der Waals surface area contributed by atoms with Crippen molar-refractivity contribution in [3.8, 4) is 0 Å². The second-order valence-corrected chi connectivity index (χ2v) is 22.3. The minimum absolute atomic E-state index is 0.0449. The van der Waals surface area contributed by atoms with Crippen molar-refractivity contribution >= 4 is 0 Å². The molecule has 0 spiro atoms. The molecule has 0 heterocycles. The maximum Gasteiger partial charge on any atom is 0.0812 e. The second-order valence-electron chi connectivity index (χ2n) is 22.3. The highest BCUT2D eigenvalue weighted by atomic mass is 16.6. The predicted molar refractivity (Wildman–Crippen MR) is 260 cm³/mol. The van der Waals surface area contributed by atoms with Crippen LogP contribution in [0.15, 0.2) is 36.0 Å². The Morgan fingerprint density at radius 2 is 1.48 bits per heavy atom. The van der Waals surface area contributed by atoms with Crippen LogP contribution in [0, 0.1) is 52.8 Å². The summed E-state index contributed by atoms with van der Waals surface area (Å²) in [5, 5.41) is 0. The van der Waals surface area contributed by atoms with Crippen molar-refractivity contribution < 1.29 is 18.9 Å². The summed E-state index contributed by atoms with van der Waals surface area (Å²) in [7, 11) is 0. The molecular weight excluding hydrogens is 749 g/mol. The van der Waals surface area contributed by atoms with E-state index in [9.17, 15) is 0 Å². The fraction of sp³-hybridized carbons (Fsp3) is 0.895. The van der Waals surface area contributed by atoms with Crippen LogP contribution < -0.4 is 0 Å². The Morgan fingerprint density at radius 3 is 2.25 bits per heavy atom. The van der Waals surface area contributed by atoms with Gasteiger partial charge in [0.15, 0.2) is 0 Å². The van der Waals surface area contributed by atoms with Gasteiger partial charge in [-0.05, 0) is 162 Å². The molecule has 352 valence electrons. The van der Waals surface area contributed by atoms with E-state index in [0.717, 1.165) is 86.2 Å². The van der Waals surface area contributed by atoms with Crippen LogP contribution >= 0.6 is 0 Å². The number of ether oxygens (including phenoxy) is 4. The van der Waals surface area contributed by atoms with Gasteiger partial charge in [-0.2, -0.15) is 0 Å². The van der Waals surface area contributed by atoms with Gasteiger partial charge in [-0.15, -0.1) is 0 Å². The number of hydrogen-bond donors (Lipinski definition) is 0. The van der Waals surface area contributed by atoms with E-state index >= 15 is 0 Å². The quantitative estimate of drug-likeness (QED) is 0.0499. The van der Waals surface area contributed by atoms with Gasteiger partial charge in [0.2, 0.25) is 0 Å². The first kappa shape index (κ1) is 51.1. The van der Waals surface area contributed by atoms with Gasteiger partial charge in [-0.3, -0.25) is 0 Å². The zero-order valence-electron chi connectivity index (χ0n) is 41.3. The van der Waals surface area contributed by atoms with Crippen LogP contribution in [0.25, 0.3) is 0 Å². The molecule has 4 fully saturated rings. The van der Waals surface area contributed by atoms with Crippen LogP contribution in [0.5, 0.6) is 0 Å². The van der Waals surface area contributed by atoms with E-state index in [0.29, 0.717) is 31.8 Å². The molecule has 5 aliphatic rings. The Hall–Kier alpha value is -0.940. The lowest BCUT2D eigenvalue weighted by molar-refractivity contribution is -0.0888. The van der Waals surface area contributed by atoms with Crippen LogP contribution in [0.2, 0.25) is 0 Å². The third-order valence-electron chi connectivity index (χ3n) is 17.0. The van der Waals surface area contributed by atoms with Crippen molar-refractivity contribution in [1.82, 2.24) is 0 Å². The van der Waals surface area contributed by atoms with Gasteiger partial charge in [-0.25, -0.2) is 0 Å². The van der Waals surface area contributed by atoms with Gasteiger partial charge in [0, 0.05) is 6.61 Å². The summed E-state index contributed by atoms with van der Waals surface area (Å²) in [5.41, 5.74) is 2.31. The molecular formula is C57H100O4. The lowest BCUT2D eigenvalue weighted by atomic mass is 9.54. The number of rotatable bonds is 32. The van der Waals surface area contributed by atoms with Crippen LogP contribution in [0.3, 0.4) is 0 Å². The molecule has 0 saturated heterocycles. The van der Waals surface area contributed by atoms with Gasteiger partial charge >= 0.3 is 0 Å². The first-order chi connectivity index (χ1) is 29.7. The van der Waals surface area contributed by atoms with Crippen molar-refractivity contribution in [1.29, 1.82) is 0 Å². The van der Waals surface area contributed by atoms with Gasteiger partial charge in [-0.1, -0.05) is 148 Å². The maximum absolute atomic E-state index is 6.66. The Bertz CT molecular complexity index is 1250. The molecule has 4 heteroatoms. The topological polar surface area (TPSA) is 36.9 Å². The van der Waals surface area contributed by atoms with E-state index in [4.69, 9.17) is 18.9 Å². The third-order valence-corrected chi connectivity index (χ3v) is 17.0. The monoisotopic (exact) mass is 849 g/mol. The number of hydrogen-bond acceptors (Lipinski definition) is 4. The molecule has 0 aliphatic heterocycles. The largest absolute Gasteiger partial charge is 0.379 e. The number of fused-ring (bicyclic) bond motifs is 5. The molecule has 5 rings (SSSR count). The molecule has 10 atom stereocenters. The van der Waals surface area contributed by atoms with Gasteiger partial charge in [0.1, 0.15) is 0 Å². The zero-order chi connectivity index (χ0) is 43.2. The molecule has 0 radical (unpaired) electrons. The zero-order valence-corrected chi connectivity index (χ0v) is 41.3. The first-order valence-electron chi connectivity index (χ1n) is 27.1. The highest BCUT2D eigenvalue weighted by Gasteiger charge is 2.54. The van der Waals surface area contributed by atoms with Crippen molar-refractivity contribution in [2.24, 2.45) is 52.8 Å². The molecule has 7 unspecified atom stereocenters. The Kier molecular flexibility index (Phi) is 23.6. The lowest BCUT2D eigenvalue weighted by Gasteiger charge is -2.52. The second kappa shape index (κ2) is 28.2. The SMILES string of the molecule is CCCCCC=CCC=CCCCCCCCCOC[C@@H](CC1CCCC1C)OCCOCCO[C@@]1(C)CCC2C(=CCC3C2CCC2C3CC[C@]2(C)CCCCC(C)C)C1. The predicted octanol–water partition coefficient (Wildman–Crippen LogP) is 16.2. The summed E-state index contributed by atoms with van der Waals surface area (Å²) < 4.78 is 25.5. The van der Waals surface area contributed by atoms with E-state index in [-0.39, 0.29) is 11.7 Å².